The molecule has 1 heterocycles. The van der Waals surface area contributed by atoms with Gasteiger partial charge in [0.25, 0.3) is 0 Å². The highest BCUT2D eigenvalue weighted by molar-refractivity contribution is 5.79. The molecular formula is C19H27N5O2. The van der Waals surface area contributed by atoms with E-state index in [-0.39, 0.29) is 0 Å². The maximum absolute atomic E-state index is 6.02. The highest BCUT2D eigenvalue weighted by Crippen LogP contribution is 2.30. The Hall–Kier alpha value is -2.57. The lowest BCUT2D eigenvalue weighted by atomic mass is 10.1. The Morgan fingerprint density at radius 3 is 2.85 bits per heavy atom. The highest BCUT2D eigenvalue weighted by atomic mass is 16.5. The van der Waals surface area contributed by atoms with E-state index >= 15 is 0 Å². The van der Waals surface area contributed by atoms with Crippen LogP contribution in [0.5, 0.6) is 5.75 Å². The van der Waals surface area contributed by atoms with Crippen molar-refractivity contribution in [2.24, 2.45) is 10.9 Å². The normalized spacial score (nSPS) is 14.3. The van der Waals surface area contributed by atoms with Crippen molar-refractivity contribution in [2.75, 3.05) is 13.2 Å². The molecule has 26 heavy (non-hydrogen) atoms. The number of ether oxygens (including phenoxy) is 1. The molecule has 0 unspecified atom stereocenters. The van der Waals surface area contributed by atoms with Gasteiger partial charge < -0.3 is 19.9 Å². The van der Waals surface area contributed by atoms with Gasteiger partial charge in [0.1, 0.15) is 5.75 Å². The van der Waals surface area contributed by atoms with E-state index in [1.165, 1.54) is 18.4 Å². The van der Waals surface area contributed by atoms with Crippen molar-refractivity contribution in [1.29, 1.82) is 0 Å². The Kier molecular flexibility index (Phi) is 6.09. The number of hydrogen-bond donors (Lipinski definition) is 2. The molecule has 140 valence electrons. The Bertz CT molecular complexity index is 752. The molecule has 0 saturated heterocycles. The van der Waals surface area contributed by atoms with Gasteiger partial charge in [-0.1, -0.05) is 17.3 Å². The molecule has 0 bridgehead atoms. The average molecular weight is 357 g/mol. The van der Waals surface area contributed by atoms with Crippen LogP contribution < -0.4 is 15.4 Å². The van der Waals surface area contributed by atoms with Crippen molar-refractivity contribution < 1.29 is 9.26 Å². The van der Waals surface area contributed by atoms with Crippen molar-refractivity contribution in [2.45, 2.75) is 46.7 Å². The summed E-state index contributed by atoms with van der Waals surface area (Å²) in [4.78, 5) is 8.86. The third-order valence-corrected chi connectivity index (χ3v) is 4.13. The summed E-state index contributed by atoms with van der Waals surface area (Å²) in [6, 6.07) is 6.28. The van der Waals surface area contributed by atoms with Gasteiger partial charge in [-0.3, -0.25) is 0 Å². The topological polar surface area (TPSA) is 84.6 Å². The van der Waals surface area contributed by atoms with Gasteiger partial charge in [-0.05, 0) is 44.2 Å². The molecule has 1 aliphatic carbocycles. The van der Waals surface area contributed by atoms with Crippen LogP contribution >= 0.6 is 0 Å². The molecule has 0 atom stereocenters. The van der Waals surface area contributed by atoms with E-state index in [1.54, 1.807) is 6.92 Å². The first kappa shape index (κ1) is 18.2. The number of nitrogens with one attached hydrogen (secondary N) is 2. The monoisotopic (exact) mass is 357 g/mol. The van der Waals surface area contributed by atoms with Crippen LogP contribution in [-0.2, 0) is 13.1 Å². The molecule has 0 aliphatic heterocycles. The van der Waals surface area contributed by atoms with Gasteiger partial charge in [-0.25, -0.2) is 4.99 Å². The molecule has 7 nitrogen and oxygen atoms in total. The Morgan fingerprint density at radius 1 is 1.31 bits per heavy atom. The van der Waals surface area contributed by atoms with E-state index in [1.807, 2.05) is 6.92 Å². The fourth-order valence-corrected chi connectivity index (χ4v) is 2.50. The number of aryl methyl sites for hydroxylation is 2. The molecule has 2 aromatic rings. The van der Waals surface area contributed by atoms with E-state index in [0.717, 1.165) is 30.4 Å². The van der Waals surface area contributed by atoms with Crippen LogP contribution in [0.3, 0.4) is 0 Å². The standard InChI is InChI=1S/C19H27N5O2/c1-4-20-19(22-11-18-23-14(3)26-24-18)21-10-16-8-5-13(2)9-17(16)25-12-15-6-7-15/h5,8-9,15H,4,6-7,10-12H2,1-3H3,(H2,20,21,22). The molecule has 3 rings (SSSR count). The van der Waals surface area contributed by atoms with Crippen LogP contribution in [0.15, 0.2) is 27.7 Å². The van der Waals surface area contributed by atoms with Gasteiger partial charge in [0.2, 0.25) is 5.89 Å². The van der Waals surface area contributed by atoms with Crippen LogP contribution in [-0.4, -0.2) is 29.3 Å². The number of benzene rings is 1. The number of aromatic nitrogens is 2. The molecular weight excluding hydrogens is 330 g/mol. The molecule has 1 saturated carbocycles. The minimum absolute atomic E-state index is 0.460. The van der Waals surface area contributed by atoms with Crippen LogP contribution in [0.2, 0.25) is 0 Å². The van der Waals surface area contributed by atoms with Gasteiger partial charge in [0.15, 0.2) is 11.8 Å². The van der Waals surface area contributed by atoms with Crippen LogP contribution in [0.4, 0.5) is 0 Å². The zero-order valence-corrected chi connectivity index (χ0v) is 15.7. The summed E-state index contributed by atoms with van der Waals surface area (Å²) in [6.45, 7) is 8.46. The number of guanidine groups is 1. The van der Waals surface area contributed by atoms with Gasteiger partial charge in [-0.15, -0.1) is 0 Å². The Balaban J connectivity index is 1.63. The molecule has 1 fully saturated rings. The largest absolute Gasteiger partial charge is 0.493 e. The molecule has 2 N–H and O–H groups in total. The van der Waals surface area contributed by atoms with Crippen molar-refractivity contribution in [3.8, 4) is 5.75 Å². The fourth-order valence-electron chi connectivity index (χ4n) is 2.50. The summed E-state index contributed by atoms with van der Waals surface area (Å²) in [5.74, 6) is 3.54. The maximum Gasteiger partial charge on any atom is 0.223 e. The minimum atomic E-state index is 0.460. The number of nitrogens with zero attached hydrogens (tertiary/aromatic N) is 3. The van der Waals surface area contributed by atoms with Crippen LogP contribution in [0.25, 0.3) is 0 Å². The summed E-state index contributed by atoms with van der Waals surface area (Å²) in [6.07, 6.45) is 2.56. The SMILES string of the molecule is CCNC(=NCc1ccc(C)cc1OCC1CC1)NCc1noc(C)n1. The first-order chi connectivity index (χ1) is 12.6. The lowest BCUT2D eigenvalue weighted by Gasteiger charge is -2.13. The van der Waals surface area contributed by atoms with Crippen LogP contribution in [0.1, 0.15) is 42.6 Å². The van der Waals surface area contributed by atoms with Crippen molar-refractivity contribution in [3.05, 3.63) is 41.0 Å². The molecule has 7 heteroatoms. The van der Waals surface area contributed by atoms with E-state index < -0.39 is 0 Å². The van der Waals surface area contributed by atoms with Crippen molar-refractivity contribution >= 4 is 5.96 Å². The second-order valence-corrected chi connectivity index (χ2v) is 6.64. The molecule has 0 radical (unpaired) electrons. The summed E-state index contributed by atoms with van der Waals surface area (Å²) < 4.78 is 11.0. The maximum atomic E-state index is 6.02. The average Bonchev–Trinajstić information content (AvgIpc) is 3.37. The molecule has 0 amide bonds. The predicted molar refractivity (Wildman–Crippen MR) is 100 cm³/mol. The summed E-state index contributed by atoms with van der Waals surface area (Å²) in [7, 11) is 0. The lowest BCUT2D eigenvalue weighted by molar-refractivity contribution is 0.296. The Labute approximate surface area is 154 Å². The second-order valence-electron chi connectivity index (χ2n) is 6.64. The van der Waals surface area contributed by atoms with Crippen molar-refractivity contribution in [1.82, 2.24) is 20.8 Å². The zero-order valence-electron chi connectivity index (χ0n) is 15.7. The van der Waals surface area contributed by atoms with Gasteiger partial charge in [-0.2, -0.15) is 4.98 Å². The Morgan fingerprint density at radius 2 is 2.15 bits per heavy atom. The molecule has 1 aromatic heterocycles. The molecule has 1 aliphatic rings. The van der Waals surface area contributed by atoms with E-state index in [0.29, 0.717) is 30.8 Å². The third kappa shape index (κ3) is 5.47. The van der Waals surface area contributed by atoms with E-state index in [2.05, 4.69) is 50.9 Å². The lowest BCUT2D eigenvalue weighted by Crippen LogP contribution is -2.37. The number of hydrogen-bond acceptors (Lipinski definition) is 5. The van der Waals surface area contributed by atoms with Gasteiger partial charge >= 0.3 is 0 Å². The third-order valence-electron chi connectivity index (χ3n) is 4.13. The smallest absolute Gasteiger partial charge is 0.223 e. The quantitative estimate of drug-likeness (QED) is 0.558. The fraction of sp³-hybridized carbons (Fsp3) is 0.526. The number of rotatable bonds is 8. The summed E-state index contributed by atoms with van der Waals surface area (Å²) in [5.41, 5.74) is 2.28. The van der Waals surface area contributed by atoms with Gasteiger partial charge in [0, 0.05) is 19.0 Å². The van der Waals surface area contributed by atoms with E-state index in [4.69, 9.17) is 9.26 Å². The summed E-state index contributed by atoms with van der Waals surface area (Å²) in [5, 5.41) is 10.3. The van der Waals surface area contributed by atoms with Gasteiger partial charge in [0.05, 0.1) is 19.7 Å². The minimum Gasteiger partial charge on any atom is -0.493 e. The summed E-state index contributed by atoms with van der Waals surface area (Å²) >= 11 is 0. The van der Waals surface area contributed by atoms with Crippen LogP contribution in [0, 0.1) is 19.8 Å². The second kappa shape index (κ2) is 8.69. The highest BCUT2D eigenvalue weighted by Gasteiger charge is 2.22. The van der Waals surface area contributed by atoms with Crippen molar-refractivity contribution in [3.63, 3.8) is 0 Å². The number of aliphatic imine (C=N–C) groups is 1. The zero-order chi connectivity index (χ0) is 18.4. The predicted octanol–water partition coefficient (Wildman–Crippen LogP) is 2.73. The molecule has 1 aromatic carbocycles. The first-order valence-corrected chi connectivity index (χ1v) is 9.17. The van der Waals surface area contributed by atoms with E-state index in [9.17, 15) is 0 Å². The molecule has 0 spiro atoms. The first-order valence-electron chi connectivity index (χ1n) is 9.17.